The molecule has 16 heavy (non-hydrogen) atoms. The maximum Gasteiger partial charge on any atom is 0.130 e. The first-order chi connectivity index (χ1) is 7.81. The van der Waals surface area contributed by atoms with Gasteiger partial charge in [-0.3, -0.25) is 0 Å². The van der Waals surface area contributed by atoms with Gasteiger partial charge in [0.2, 0.25) is 0 Å². The van der Waals surface area contributed by atoms with Crippen LogP contribution in [0.1, 0.15) is 31.4 Å². The van der Waals surface area contributed by atoms with Gasteiger partial charge in [-0.1, -0.05) is 0 Å². The summed E-state index contributed by atoms with van der Waals surface area (Å²) in [6.07, 6.45) is 2.58. The summed E-state index contributed by atoms with van der Waals surface area (Å²) in [6.45, 7) is 2.69. The number of fused-ring (bicyclic) bond motifs is 1. The molecule has 3 rings (SSSR count). The molecule has 1 aromatic heterocycles. The van der Waals surface area contributed by atoms with Crippen LogP contribution >= 0.6 is 15.9 Å². The van der Waals surface area contributed by atoms with Crippen molar-refractivity contribution in [3.05, 3.63) is 28.4 Å². The molecule has 1 aromatic carbocycles. The Morgan fingerprint density at radius 3 is 3.00 bits per heavy atom. The van der Waals surface area contributed by atoms with Crippen LogP contribution < -0.4 is 4.74 Å². The Labute approximate surface area is 103 Å². The first-order valence-electron chi connectivity index (χ1n) is 5.65. The van der Waals surface area contributed by atoms with Crippen LogP contribution in [-0.4, -0.2) is 11.6 Å². The fourth-order valence-electron chi connectivity index (χ4n) is 2.06. The summed E-state index contributed by atoms with van der Waals surface area (Å²) in [5.74, 6) is 1.62. The van der Waals surface area contributed by atoms with Gasteiger partial charge in [0.1, 0.15) is 5.75 Å². The Morgan fingerprint density at radius 2 is 2.31 bits per heavy atom. The van der Waals surface area contributed by atoms with Crippen molar-refractivity contribution in [1.82, 2.24) is 4.98 Å². The number of ether oxygens (including phenoxy) is 1. The van der Waals surface area contributed by atoms with Gasteiger partial charge in [0, 0.05) is 11.6 Å². The van der Waals surface area contributed by atoms with Crippen molar-refractivity contribution in [3.63, 3.8) is 0 Å². The normalized spacial score (nSPS) is 15.6. The van der Waals surface area contributed by atoms with Gasteiger partial charge in [-0.2, -0.15) is 0 Å². The second-order valence-corrected chi connectivity index (χ2v) is 4.96. The smallest absolute Gasteiger partial charge is 0.130 e. The topological polar surface area (TPSA) is 25.0 Å². The standard InChI is InChI=1S/C13H13BrNO/c1-2-16-10-5-3-4-9-11(10)12(14)13(15-9)8-6-7-8/h4-5,8,15H,2,6-7H2,1H3. The lowest BCUT2D eigenvalue weighted by Crippen LogP contribution is -1.91. The van der Waals surface area contributed by atoms with Gasteiger partial charge < -0.3 is 9.72 Å². The lowest BCUT2D eigenvalue weighted by atomic mass is 10.2. The quantitative estimate of drug-likeness (QED) is 0.902. The minimum atomic E-state index is 0.684. The molecule has 0 aliphatic heterocycles. The van der Waals surface area contributed by atoms with Crippen LogP contribution in [0, 0.1) is 6.07 Å². The molecule has 2 nitrogen and oxygen atoms in total. The van der Waals surface area contributed by atoms with Gasteiger partial charge in [-0.05, 0) is 53.9 Å². The number of hydrogen-bond acceptors (Lipinski definition) is 1. The number of H-pyrrole nitrogens is 1. The van der Waals surface area contributed by atoms with E-state index in [-0.39, 0.29) is 0 Å². The van der Waals surface area contributed by atoms with Crippen molar-refractivity contribution in [2.75, 3.05) is 6.61 Å². The molecule has 0 bridgehead atoms. The van der Waals surface area contributed by atoms with Crippen LogP contribution in [0.25, 0.3) is 10.9 Å². The van der Waals surface area contributed by atoms with E-state index in [1.54, 1.807) is 0 Å². The third-order valence-corrected chi connectivity index (χ3v) is 3.79. The average Bonchev–Trinajstić information content (AvgIpc) is 3.05. The van der Waals surface area contributed by atoms with Crippen LogP contribution in [0.2, 0.25) is 0 Å². The van der Waals surface area contributed by atoms with E-state index in [2.05, 4.69) is 27.0 Å². The summed E-state index contributed by atoms with van der Waals surface area (Å²) in [7, 11) is 0. The lowest BCUT2D eigenvalue weighted by molar-refractivity contribution is 0.344. The van der Waals surface area contributed by atoms with Crippen molar-refractivity contribution in [2.24, 2.45) is 0 Å². The van der Waals surface area contributed by atoms with E-state index < -0.39 is 0 Å². The van der Waals surface area contributed by atoms with Gasteiger partial charge in [-0.15, -0.1) is 0 Å². The second-order valence-electron chi connectivity index (χ2n) is 4.17. The zero-order chi connectivity index (χ0) is 11.1. The molecule has 83 valence electrons. The molecule has 1 saturated carbocycles. The first kappa shape index (κ1) is 10.2. The molecule has 0 spiro atoms. The highest BCUT2D eigenvalue weighted by molar-refractivity contribution is 9.10. The zero-order valence-corrected chi connectivity index (χ0v) is 10.7. The average molecular weight is 279 g/mol. The third kappa shape index (κ3) is 1.54. The van der Waals surface area contributed by atoms with Gasteiger partial charge in [0.05, 0.1) is 22.0 Å². The molecule has 1 fully saturated rings. The number of aromatic amines is 1. The maximum absolute atomic E-state index is 5.63. The molecule has 1 radical (unpaired) electrons. The van der Waals surface area contributed by atoms with Crippen molar-refractivity contribution >= 4 is 26.8 Å². The summed E-state index contributed by atoms with van der Waals surface area (Å²) in [5, 5.41) is 1.16. The molecule has 2 aromatic rings. The summed E-state index contributed by atoms with van der Waals surface area (Å²) in [6, 6.07) is 7.00. The fourth-order valence-corrected chi connectivity index (χ4v) is 2.89. The fraction of sp³-hybridized carbons (Fsp3) is 0.385. The van der Waals surface area contributed by atoms with E-state index in [0.29, 0.717) is 12.5 Å². The molecular weight excluding hydrogens is 266 g/mol. The second kappa shape index (κ2) is 3.81. The third-order valence-electron chi connectivity index (χ3n) is 2.97. The van der Waals surface area contributed by atoms with Crippen molar-refractivity contribution in [2.45, 2.75) is 25.7 Å². The summed E-state index contributed by atoms with van der Waals surface area (Å²) in [5.41, 5.74) is 2.43. The Kier molecular flexibility index (Phi) is 2.43. The van der Waals surface area contributed by atoms with Crippen molar-refractivity contribution in [1.29, 1.82) is 0 Å². The van der Waals surface area contributed by atoms with E-state index in [1.165, 1.54) is 23.0 Å². The van der Waals surface area contributed by atoms with E-state index >= 15 is 0 Å². The molecule has 1 N–H and O–H groups in total. The Hall–Kier alpha value is -0.960. The molecule has 0 atom stereocenters. The minimum absolute atomic E-state index is 0.684. The Morgan fingerprint density at radius 1 is 1.50 bits per heavy atom. The highest BCUT2D eigenvalue weighted by atomic mass is 79.9. The number of hydrogen-bond donors (Lipinski definition) is 1. The van der Waals surface area contributed by atoms with Crippen LogP contribution in [0.5, 0.6) is 5.75 Å². The highest BCUT2D eigenvalue weighted by Gasteiger charge is 2.28. The van der Waals surface area contributed by atoms with E-state index in [0.717, 1.165) is 16.7 Å². The van der Waals surface area contributed by atoms with Crippen molar-refractivity contribution < 1.29 is 4.74 Å². The predicted octanol–water partition coefficient (Wildman–Crippen LogP) is 4.01. The van der Waals surface area contributed by atoms with E-state index in [9.17, 15) is 0 Å². The van der Waals surface area contributed by atoms with Crippen LogP contribution in [-0.2, 0) is 0 Å². The monoisotopic (exact) mass is 278 g/mol. The molecule has 0 amide bonds. The molecule has 1 heterocycles. The Balaban J connectivity index is 2.20. The number of halogens is 1. The number of aromatic nitrogens is 1. The van der Waals surface area contributed by atoms with Crippen molar-refractivity contribution in [3.8, 4) is 5.75 Å². The maximum atomic E-state index is 5.63. The summed E-state index contributed by atoms with van der Waals surface area (Å²) in [4.78, 5) is 3.47. The first-order valence-corrected chi connectivity index (χ1v) is 6.44. The van der Waals surface area contributed by atoms with E-state index in [4.69, 9.17) is 4.74 Å². The van der Waals surface area contributed by atoms with Gasteiger partial charge >= 0.3 is 0 Å². The number of benzene rings is 1. The molecule has 0 unspecified atom stereocenters. The summed E-state index contributed by atoms with van der Waals surface area (Å²) >= 11 is 3.69. The highest BCUT2D eigenvalue weighted by Crippen LogP contribution is 2.46. The zero-order valence-electron chi connectivity index (χ0n) is 9.14. The Bertz CT molecular complexity index is 528. The molecule has 3 heteroatoms. The van der Waals surface area contributed by atoms with Crippen LogP contribution in [0.15, 0.2) is 16.6 Å². The van der Waals surface area contributed by atoms with Gasteiger partial charge in [0.25, 0.3) is 0 Å². The van der Waals surface area contributed by atoms with E-state index in [1.807, 2.05) is 19.1 Å². The molecule has 0 saturated heterocycles. The number of nitrogens with one attached hydrogen (secondary N) is 1. The predicted molar refractivity (Wildman–Crippen MR) is 68.0 cm³/mol. The number of rotatable bonds is 3. The minimum Gasteiger partial charge on any atom is -0.493 e. The van der Waals surface area contributed by atoms with Gasteiger partial charge in [-0.25, -0.2) is 0 Å². The SMILES string of the molecule is CCOc1c[c]cc2[nH]c(C3CC3)c(Br)c12. The largest absolute Gasteiger partial charge is 0.493 e. The molecule has 1 aliphatic rings. The van der Waals surface area contributed by atoms with Crippen LogP contribution in [0.3, 0.4) is 0 Å². The van der Waals surface area contributed by atoms with Gasteiger partial charge in [0.15, 0.2) is 0 Å². The van der Waals surface area contributed by atoms with Crippen LogP contribution in [0.4, 0.5) is 0 Å². The molecular formula is C13H13BrNO. The lowest BCUT2D eigenvalue weighted by Gasteiger charge is -2.04. The summed E-state index contributed by atoms with van der Waals surface area (Å²) < 4.78 is 6.80. The molecule has 1 aliphatic carbocycles.